The lowest BCUT2D eigenvalue weighted by Gasteiger charge is -2.31. The van der Waals surface area contributed by atoms with E-state index in [2.05, 4.69) is 22.8 Å². The van der Waals surface area contributed by atoms with Crippen molar-refractivity contribution in [3.8, 4) is 5.69 Å². The van der Waals surface area contributed by atoms with Crippen LogP contribution in [0, 0.1) is 19.3 Å². The van der Waals surface area contributed by atoms with E-state index in [1.807, 2.05) is 64.1 Å². The zero-order valence-corrected chi connectivity index (χ0v) is 37.0. The largest absolute Gasteiger partial charge is 0.383 e. The zero-order valence-electron chi connectivity index (χ0n) is 33.2. The molecule has 4 aromatic rings. The van der Waals surface area contributed by atoms with Crippen LogP contribution < -0.4 is 15.3 Å². The molecular formula is C38H46Cl4F2N6O7S. The number of halogens is 6. The summed E-state index contributed by atoms with van der Waals surface area (Å²) in [4.78, 5) is 43.2. The number of para-hydroxylation sites is 1. The summed E-state index contributed by atoms with van der Waals surface area (Å²) >= 11 is 23.6. The van der Waals surface area contributed by atoms with Gasteiger partial charge in [-0.1, -0.05) is 78.1 Å². The number of alkyl halides is 3. The van der Waals surface area contributed by atoms with Crippen molar-refractivity contribution in [3.63, 3.8) is 0 Å². The third-order valence-corrected chi connectivity index (χ3v) is 10.4. The lowest BCUT2D eigenvalue weighted by Crippen LogP contribution is -2.43. The maximum absolute atomic E-state index is 12.8. The first kappa shape index (κ1) is 48.6. The van der Waals surface area contributed by atoms with E-state index in [0.717, 1.165) is 41.1 Å². The molecule has 0 saturated carbocycles. The van der Waals surface area contributed by atoms with Crippen LogP contribution in [0.5, 0.6) is 0 Å². The number of anilines is 2. The first-order valence-electron chi connectivity index (χ1n) is 17.7. The van der Waals surface area contributed by atoms with Gasteiger partial charge in [0.25, 0.3) is 5.91 Å². The number of nitrogens with one attached hydrogen (secondary N) is 1. The van der Waals surface area contributed by atoms with Crippen LogP contribution in [0.15, 0.2) is 59.4 Å². The Morgan fingerprint density at radius 1 is 1.03 bits per heavy atom. The fourth-order valence-corrected chi connectivity index (χ4v) is 7.21. The minimum atomic E-state index is -3.65. The normalized spacial score (nSPS) is 14.1. The Balaban J connectivity index is 0.000000237. The summed E-state index contributed by atoms with van der Waals surface area (Å²) in [6, 6.07) is 15.8. The van der Waals surface area contributed by atoms with Gasteiger partial charge in [-0.25, -0.2) is 22.8 Å². The van der Waals surface area contributed by atoms with Crippen molar-refractivity contribution >= 4 is 79.6 Å². The molecule has 1 unspecified atom stereocenters. The van der Waals surface area contributed by atoms with Crippen molar-refractivity contribution < 1.29 is 36.4 Å². The maximum Gasteiger partial charge on any atom is 0.355 e. The minimum absolute atomic E-state index is 0.00687. The van der Waals surface area contributed by atoms with Crippen molar-refractivity contribution in [3.05, 3.63) is 103 Å². The minimum Gasteiger partial charge on any atom is -0.383 e. The van der Waals surface area contributed by atoms with E-state index < -0.39 is 27.7 Å². The molecular weight excluding hydrogens is 864 g/mol. The molecule has 1 fully saturated rings. The number of sulfonamides is 1. The van der Waals surface area contributed by atoms with Gasteiger partial charge in [-0.3, -0.25) is 19.1 Å². The molecule has 0 spiro atoms. The van der Waals surface area contributed by atoms with Gasteiger partial charge in [0, 0.05) is 12.1 Å². The topological polar surface area (TPSA) is 145 Å². The first-order chi connectivity index (χ1) is 27.1. The van der Waals surface area contributed by atoms with Gasteiger partial charge >= 0.3 is 12.2 Å². The number of benzene rings is 3. The summed E-state index contributed by atoms with van der Waals surface area (Å²) in [5, 5.41) is 5.67. The number of hydrogen-bond donors (Lipinski definition) is 1. The number of rotatable bonds is 12. The molecule has 1 aliphatic rings. The Bertz CT molecular complexity index is 2260. The van der Waals surface area contributed by atoms with Crippen LogP contribution >= 0.6 is 46.4 Å². The van der Waals surface area contributed by atoms with Crippen LogP contribution in [-0.4, -0.2) is 78.1 Å². The molecule has 1 N–H and O–H groups in total. The van der Waals surface area contributed by atoms with Gasteiger partial charge in [-0.2, -0.15) is 13.5 Å². The standard InChI is InChI=1S/C15H22ClNO2.C12H14ClNO2.C11H10Cl2F2N4O3S/c1-5-13-8-6-7-11(2)15(13)17(14(18)9-16)12(3)10-19-4;1-12(2)8-16-14(11(12)15)7-9-5-3-4-6-10(9)13;1-5-16-19(11(20)18(5)10(14)15)9-4-8(17-23(2,21)22)6(12)3-7(9)13/h6-8,12H,5,9-10H2,1-4H3;3-6H,7-8H2,1-2H3;3-4,10,17H,1-2H3. The van der Waals surface area contributed by atoms with Gasteiger partial charge in [0.1, 0.15) is 11.7 Å². The second kappa shape index (κ2) is 21.0. The van der Waals surface area contributed by atoms with Crippen LogP contribution in [0.1, 0.15) is 56.8 Å². The van der Waals surface area contributed by atoms with Crippen molar-refractivity contribution in [2.45, 2.75) is 67.1 Å². The highest BCUT2D eigenvalue weighted by atomic mass is 35.5. The van der Waals surface area contributed by atoms with Crippen LogP contribution in [-0.2, 0) is 42.2 Å². The highest BCUT2D eigenvalue weighted by molar-refractivity contribution is 7.92. The fourth-order valence-electron chi connectivity index (χ4n) is 5.75. The molecule has 3 aromatic carbocycles. The van der Waals surface area contributed by atoms with Gasteiger partial charge in [0.15, 0.2) is 0 Å². The molecule has 58 heavy (non-hydrogen) atoms. The Hall–Kier alpha value is -3.77. The Morgan fingerprint density at radius 2 is 1.67 bits per heavy atom. The number of amides is 2. The SMILES string of the molecule is CC1(C)CON(Cc2ccccc2Cl)C1=O.CCc1cccc(C)c1N(C(=O)CCl)C(C)COC.Cc1nn(-c2cc(NS(C)(=O)=O)c(Cl)cc2Cl)c(=O)n1C(F)F. The van der Waals surface area contributed by atoms with E-state index in [1.165, 1.54) is 18.1 Å². The number of ether oxygens (including phenoxy) is 1. The van der Waals surface area contributed by atoms with Gasteiger partial charge in [-0.15, -0.1) is 16.7 Å². The average molecular weight is 911 g/mol. The Kier molecular flexibility index (Phi) is 17.6. The zero-order chi connectivity index (χ0) is 43.7. The molecule has 1 atom stereocenters. The molecule has 0 radical (unpaired) electrons. The van der Waals surface area contributed by atoms with E-state index >= 15 is 0 Å². The number of hydroxylamine groups is 2. The highest BCUT2D eigenvalue weighted by Gasteiger charge is 2.40. The highest BCUT2D eigenvalue weighted by Crippen LogP contribution is 2.32. The molecule has 1 aromatic heterocycles. The molecule has 13 nitrogen and oxygen atoms in total. The van der Waals surface area contributed by atoms with Crippen LogP contribution in [0.3, 0.4) is 0 Å². The third kappa shape index (κ3) is 12.4. The average Bonchev–Trinajstić information content (AvgIpc) is 3.59. The molecule has 2 heterocycles. The Morgan fingerprint density at radius 3 is 2.19 bits per heavy atom. The number of hydrogen-bond acceptors (Lipinski definition) is 8. The van der Waals surface area contributed by atoms with Gasteiger partial charge in [-0.05, 0) is 75.9 Å². The van der Waals surface area contributed by atoms with Crippen molar-refractivity contribution in [1.29, 1.82) is 0 Å². The fraction of sp³-hybridized carbons (Fsp3) is 0.421. The van der Waals surface area contributed by atoms with Crippen LogP contribution in [0.2, 0.25) is 15.1 Å². The number of carbonyl (C=O) groups is 2. The predicted octanol–water partition coefficient (Wildman–Crippen LogP) is 8.22. The second-order valence-corrected chi connectivity index (χ2v) is 17.0. The third-order valence-electron chi connectivity index (χ3n) is 8.57. The maximum atomic E-state index is 12.8. The lowest BCUT2D eigenvalue weighted by molar-refractivity contribution is -0.165. The van der Waals surface area contributed by atoms with Crippen molar-refractivity contribution in [2.75, 3.05) is 42.1 Å². The van der Waals surface area contributed by atoms with Gasteiger partial charge in [0.2, 0.25) is 15.9 Å². The summed E-state index contributed by atoms with van der Waals surface area (Å²) in [5.41, 5.74) is 2.41. The molecule has 1 saturated heterocycles. The van der Waals surface area contributed by atoms with Crippen molar-refractivity contribution in [1.82, 2.24) is 19.4 Å². The number of nitrogens with zero attached hydrogens (tertiary/aromatic N) is 5. The predicted molar refractivity (Wildman–Crippen MR) is 224 cm³/mol. The molecule has 20 heteroatoms. The van der Waals surface area contributed by atoms with E-state index in [4.69, 9.17) is 56.0 Å². The van der Waals surface area contributed by atoms with Crippen LogP contribution in [0.4, 0.5) is 20.2 Å². The monoisotopic (exact) mass is 908 g/mol. The Labute approximate surface area is 356 Å². The van der Waals surface area contributed by atoms with E-state index in [9.17, 15) is 31.6 Å². The number of aryl methyl sites for hydroxylation is 3. The summed E-state index contributed by atoms with van der Waals surface area (Å²) < 4.78 is 56.4. The molecule has 2 amide bonds. The summed E-state index contributed by atoms with van der Waals surface area (Å²) in [5.74, 6) is -0.331. The summed E-state index contributed by atoms with van der Waals surface area (Å²) in [6.45, 7) is 9.30. The molecule has 0 bridgehead atoms. The van der Waals surface area contributed by atoms with Crippen molar-refractivity contribution in [2.24, 2.45) is 5.41 Å². The summed E-state index contributed by atoms with van der Waals surface area (Å²) in [7, 11) is -2.01. The molecule has 318 valence electrons. The molecule has 5 rings (SSSR count). The van der Waals surface area contributed by atoms with Gasteiger partial charge < -0.3 is 9.64 Å². The number of methoxy groups -OCH3 is 1. The van der Waals surface area contributed by atoms with E-state index in [0.29, 0.717) is 29.5 Å². The van der Waals surface area contributed by atoms with Crippen LogP contribution in [0.25, 0.3) is 5.69 Å². The second-order valence-electron chi connectivity index (χ2n) is 13.8. The summed E-state index contributed by atoms with van der Waals surface area (Å²) in [6.07, 6.45) is 1.78. The number of carbonyl (C=O) groups excluding carboxylic acids is 2. The quantitative estimate of drug-likeness (QED) is 0.140. The lowest BCUT2D eigenvalue weighted by atomic mass is 9.95. The van der Waals surface area contributed by atoms with Gasteiger partial charge in [0.05, 0.1) is 64.6 Å². The van der Waals surface area contributed by atoms with E-state index in [1.54, 1.807) is 12.0 Å². The smallest absolute Gasteiger partial charge is 0.355 e. The number of aromatic nitrogens is 3. The first-order valence-corrected chi connectivity index (χ1v) is 21.2. The van der Waals surface area contributed by atoms with E-state index in [-0.39, 0.29) is 55.5 Å². The molecule has 0 aliphatic carbocycles. The molecule has 1 aliphatic heterocycles.